The Labute approximate surface area is 160 Å². The highest BCUT2D eigenvalue weighted by Gasteiger charge is 2.17. The average molecular weight is 376 g/mol. The number of benzene rings is 1. The minimum atomic E-state index is 0.248. The Morgan fingerprint density at radius 3 is 2.56 bits per heavy atom. The monoisotopic (exact) mass is 376 g/mol. The standard InChI is InChI=1S/C20H21N6P/c1-25(2)12-13-8-10-26-17(11-13)24-18(14-3-5-15(27)6-4-14)19(26)16-7-9-22-20(21)23-16/h3-11H,12,27H2,1-2H3,(H2,21,22,23). The van der Waals surface area contributed by atoms with Crippen LogP contribution in [-0.2, 0) is 6.54 Å². The van der Waals surface area contributed by atoms with Crippen LogP contribution in [0.2, 0.25) is 0 Å². The second-order valence-electron chi connectivity index (χ2n) is 6.73. The fourth-order valence-corrected chi connectivity index (χ4v) is 3.34. The van der Waals surface area contributed by atoms with Gasteiger partial charge in [-0.3, -0.25) is 4.40 Å². The number of aromatic nitrogens is 4. The van der Waals surface area contributed by atoms with Gasteiger partial charge in [-0.15, -0.1) is 9.24 Å². The zero-order valence-corrected chi connectivity index (χ0v) is 16.4. The van der Waals surface area contributed by atoms with E-state index >= 15 is 0 Å². The van der Waals surface area contributed by atoms with Crippen molar-refractivity contribution in [3.05, 3.63) is 60.4 Å². The molecule has 1 atom stereocenters. The molecule has 0 aliphatic carbocycles. The Morgan fingerprint density at radius 1 is 1.07 bits per heavy atom. The van der Waals surface area contributed by atoms with Crippen molar-refractivity contribution < 1.29 is 0 Å². The number of rotatable bonds is 4. The molecular formula is C20H21N6P. The Bertz CT molecular complexity index is 1100. The van der Waals surface area contributed by atoms with E-state index in [9.17, 15) is 0 Å². The van der Waals surface area contributed by atoms with Crippen molar-refractivity contribution in [1.82, 2.24) is 24.3 Å². The van der Waals surface area contributed by atoms with Gasteiger partial charge in [-0.25, -0.2) is 15.0 Å². The van der Waals surface area contributed by atoms with Gasteiger partial charge in [-0.1, -0.05) is 24.3 Å². The fraction of sp³-hybridized carbons (Fsp3) is 0.150. The summed E-state index contributed by atoms with van der Waals surface area (Å²) in [5.74, 6) is 0.248. The molecule has 0 saturated heterocycles. The van der Waals surface area contributed by atoms with Crippen LogP contribution in [0.3, 0.4) is 0 Å². The minimum Gasteiger partial charge on any atom is -0.368 e. The van der Waals surface area contributed by atoms with Crippen LogP contribution in [-0.4, -0.2) is 38.3 Å². The molecule has 1 aromatic carbocycles. The van der Waals surface area contributed by atoms with Crippen LogP contribution in [0.5, 0.6) is 0 Å². The van der Waals surface area contributed by atoms with Crippen molar-refractivity contribution in [2.75, 3.05) is 19.8 Å². The Kier molecular flexibility index (Phi) is 4.60. The van der Waals surface area contributed by atoms with Crippen molar-refractivity contribution >= 4 is 26.1 Å². The number of imidazole rings is 1. The highest BCUT2D eigenvalue weighted by atomic mass is 31.0. The highest BCUT2D eigenvalue weighted by Crippen LogP contribution is 2.32. The van der Waals surface area contributed by atoms with Crippen molar-refractivity contribution in [3.8, 4) is 22.6 Å². The minimum absolute atomic E-state index is 0.248. The maximum atomic E-state index is 5.84. The molecule has 0 fully saturated rings. The van der Waals surface area contributed by atoms with E-state index in [2.05, 4.69) is 79.0 Å². The molecule has 3 aromatic heterocycles. The van der Waals surface area contributed by atoms with Gasteiger partial charge >= 0.3 is 0 Å². The first-order chi connectivity index (χ1) is 13.0. The largest absolute Gasteiger partial charge is 0.368 e. The van der Waals surface area contributed by atoms with E-state index in [1.165, 1.54) is 5.56 Å². The first-order valence-electron chi connectivity index (χ1n) is 8.62. The molecule has 1 unspecified atom stereocenters. The number of pyridine rings is 1. The van der Waals surface area contributed by atoms with Crippen LogP contribution in [0, 0.1) is 0 Å². The number of nitrogens with two attached hydrogens (primary N) is 1. The summed E-state index contributed by atoms with van der Waals surface area (Å²) in [6, 6.07) is 14.3. The number of nitrogen functional groups attached to an aromatic ring is 1. The number of anilines is 1. The first kappa shape index (κ1) is 17.6. The molecule has 4 rings (SSSR count). The second kappa shape index (κ2) is 7.06. The molecule has 6 nitrogen and oxygen atoms in total. The van der Waals surface area contributed by atoms with Gasteiger partial charge in [-0.05, 0) is 43.2 Å². The van der Waals surface area contributed by atoms with Gasteiger partial charge in [-0.2, -0.15) is 0 Å². The molecule has 3 heterocycles. The van der Waals surface area contributed by atoms with E-state index in [4.69, 9.17) is 10.7 Å². The maximum absolute atomic E-state index is 5.84. The third kappa shape index (κ3) is 3.54. The Balaban J connectivity index is 1.96. The van der Waals surface area contributed by atoms with Crippen LogP contribution in [0.25, 0.3) is 28.3 Å². The molecule has 0 aliphatic heterocycles. The van der Waals surface area contributed by atoms with Gasteiger partial charge in [0.1, 0.15) is 5.65 Å². The van der Waals surface area contributed by atoms with Gasteiger partial charge in [0.25, 0.3) is 0 Å². The molecular weight excluding hydrogens is 355 g/mol. The summed E-state index contributed by atoms with van der Waals surface area (Å²) in [6.45, 7) is 0.857. The second-order valence-corrected chi connectivity index (χ2v) is 7.40. The number of hydrogen-bond acceptors (Lipinski definition) is 5. The van der Waals surface area contributed by atoms with Crippen molar-refractivity contribution in [2.45, 2.75) is 6.54 Å². The lowest BCUT2D eigenvalue weighted by molar-refractivity contribution is 0.402. The summed E-state index contributed by atoms with van der Waals surface area (Å²) >= 11 is 0. The van der Waals surface area contributed by atoms with E-state index in [1.54, 1.807) is 6.20 Å². The molecule has 0 amide bonds. The van der Waals surface area contributed by atoms with E-state index in [-0.39, 0.29) is 5.95 Å². The summed E-state index contributed by atoms with van der Waals surface area (Å²) in [6.07, 6.45) is 3.72. The fourth-order valence-electron chi connectivity index (χ4n) is 3.14. The summed E-state index contributed by atoms with van der Waals surface area (Å²) in [7, 11) is 6.82. The van der Waals surface area contributed by atoms with Crippen LogP contribution in [0.4, 0.5) is 5.95 Å². The number of hydrogen-bond donors (Lipinski definition) is 1. The Hall–Kier alpha value is -2.82. The topological polar surface area (TPSA) is 72.3 Å². The molecule has 136 valence electrons. The zero-order chi connectivity index (χ0) is 19.0. The molecule has 2 N–H and O–H groups in total. The van der Waals surface area contributed by atoms with Gasteiger partial charge in [0.15, 0.2) is 0 Å². The van der Waals surface area contributed by atoms with Crippen molar-refractivity contribution in [1.29, 1.82) is 0 Å². The van der Waals surface area contributed by atoms with Crippen LogP contribution >= 0.6 is 9.24 Å². The normalized spacial score (nSPS) is 11.4. The van der Waals surface area contributed by atoms with Gasteiger partial charge in [0.05, 0.1) is 17.1 Å². The third-order valence-corrected chi connectivity index (χ3v) is 4.68. The predicted octanol–water partition coefficient (Wildman–Crippen LogP) is 2.60. The van der Waals surface area contributed by atoms with Crippen LogP contribution in [0.15, 0.2) is 54.9 Å². The Morgan fingerprint density at radius 2 is 1.85 bits per heavy atom. The van der Waals surface area contributed by atoms with E-state index in [0.29, 0.717) is 0 Å². The molecule has 4 aromatic rings. The lowest BCUT2D eigenvalue weighted by atomic mass is 10.1. The van der Waals surface area contributed by atoms with Crippen molar-refractivity contribution in [2.24, 2.45) is 0 Å². The smallest absolute Gasteiger partial charge is 0.220 e. The molecule has 0 radical (unpaired) electrons. The predicted molar refractivity (Wildman–Crippen MR) is 113 cm³/mol. The average Bonchev–Trinajstić information content (AvgIpc) is 3.00. The third-order valence-electron chi connectivity index (χ3n) is 4.29. The highest BCUT2D eigenvalue weighted by molar-refractivity contribution is 7.27. The van der Waals surface area contributed by atoms with Crippen LogP contribution < -0.4 is 11.0 Å². The SMILES string of the molecule is CN(C)Cc1ccn2c(-c3ccnc(N)n3)c(-c3ccc(P)cc3)nc2c1. The summed E-state index contributed by atoms with van der Waals surface area (Å²) in [5, 5.41) is 1.13. The van der Waals surface area contributed by atoms with Gasteiger partial charge in [0, 0.05) is 24.5 Å². The number of nitrogens with zero attached hydrogens (tertiary/aromatic N) is 5. The van der Waals surface area contributed by atoms with Gasteiger partial charge in [0.2, 0.25) is 5.95 Å². The molecule has 27 heavy (non-hydrogen) atoms. The first-order valence-corrected chi connectivity index (χ1v) is 9.19. The summed E-state index contributed by atoms with van der Waals surface area (Å²) < 4.78 is 2.06. The van der Waals surface area contributed by atoms with Crippen molar-refractivity contribution in [3.63, 3.8) is 0 Å². The van der Waals surface area contributed by atoms with E-state index in [0.717, 1.165) is 40.1 Å². The molecule has 0 bridgehead atoms. The molecule has 0 aliphatic rings. The summed E-state index contributed by atoms with van der Waals surface area (Å²) in [5.41, 5.74) is 11.5. The quantitative estimate of drug-likeness (QED) is 0.555. The lowest BCUT2D eigenvalue weighted by Crippen LogP contribution is -2.10. The van der Waals surface area contributed by atoms with Crippen LogP contribution in [0.1, 0.15) is 5.56 Å². The van der Waals surface area contributed by atoms with Gasteiger partial charge < -0.3 is 10.6 Å². The lowest BCUT2D eigenvalue weighted by Gasteiger charge is -2.10. The van der Waals surface area contributed by atoms with E-state index < -0.39 is 0 Å². The molecule has 7 heteroatoms. The maximum Gasteiger partial charge on any atom is 0.220 e. The number of fused-ring (bicyclic) bond motifs is 1. The molecule has 0 saturated carbocycles. The zero-order valence-electron chi connectivity index (χ0n) is 15.3. The molecule has 0 spiro atoms. The van der Waals surface area contributed by atoms with E-state index in [1.807, 2.05) is 12.3 Å². The summed E-state index contributed by atoms with van der Waals surface area (Å²) in [4.78, 5) is 15.5.